The Balaban J connectivity index is 1.56. The first kappa shape index (κ1) is 19.8. The van der Waals surface area contributed by atoms with Gasteiger partial charge in [0.05, 0.1) is 35.8 Å². The Hall–Kier alpha value is -2.49. The standard InChI is InChI=1S/C20H24N4O4S/c1-12-4-5-15(28-12)14(24-6-8-27-9-7-24)10-21-18(25)17-13(2)16-19(29-17)22-11-23(3)20(16)26/h4-5,11,14H,6-10H2,1-3H3,(H,21,25). The first-order chi connectivity index (χ1) is 14.0. The number of amides is 1. The average molecular weight is 417 g/mol. The van der Waals surface area contributed by atoms with Gasteiger partial charge < -0.3 is 19.0 Å². The van der Waals surface area contributed by atoms with Crippen molar-refractivity contribution >= 4 is 27.5 Å². The van der Waals surface area contributed by atoms with Gasteiger partial charge in [-0.1, -0.05) is 0 Å². The number of rotatable bonds is 5. The quantitative estimate of drug-likeness (QED) is 0.684. The highest BCUT2D eigenvalue weighted by atomic mass is 32.1. The second-order valence-electron chi connectivity index (χ2n) is 7.22. The van der Waals surface area contributed by atoms with Gasteiger partial charge in [0.1, 0.15) is 16.4 Å². The highest BCUT2D eigenvalue weighted by Crippen LogP contribution is 2.27. The summed E-state index contributed by atoms with van der Waals surface area (Å²) in [6.45, 7) is 7.00. The third-order valence-electron chi connectivity index (χ3n) is 5.25. The molecule has 1 N–H and O–H groups in total. The average Bonchev–Trinajstić information content (AvgIpc) is 3.29. The molecule has 1 saturated heterocycles. The molecule has 8 nitrogen and oxygen atoms in total. The highest BCUT2D eigenvalue weighted by Gasteiger charge is 2.27. The minimum absolute atomic E-state index is 0.0720. The third-order valence-corrected chi connectivity index (χ3v) is 6.45. The van der Waals surface area contributed by atoms with E-state index in [0.717, 1.165) is 24.6 Å². The van der Waals surface area contributed by atoms with Gasteiger partial charge in [0.2, 0.25) is 0 Å². The normalized spacial score (nSPS) is 16.2. The molecule has 1 aliphatic heterocycles. The van der Waals surface area contributed by atoms with Crippen LogP contribution in [-0.2, 0) is 11.8 Å². The number of aryl methyl sites for hydroxylation is 3. The molecule has 0 radical (unpaired) electrons. The van der Waals surface area contributed by atoms with E-state index in [1.165, 1.54) is 22.2 Å². The van der Waals surface area contributed by atoms with E-state index in [1.807, 2.05) is 19.1 Å². The van der Waals surface area contributed by atoms with Crippen molar-refractivity contribution in [2.45, 2.75) is 19.9 Å². The van der Waals surface area contributed by atoms with Gasteiger partial charge in [0.25, 0.3) is 11.5 Å². The van der Waals surface area contributed by atoms with E-state index in [0.29, 0.717) is 40.4 Å². The van der Waals surface area contributed by atoms with E-state index in [1.54, 1.807) is 14.0 Å². The van der Waals surface area contributed by atoms with E-state index in [-0.39, 0.29) is 17.5 Å². The molecule has 0 spiro atoms. The Bertz CT molecular complexity index is 1090. The molecular formula is C20H24N4O4S. The third kappa shape index (κ3) is 3.85. The van der Waals surface area contributed by atoms with E-state index >= 15 is 0 Å². The van der Waals surface area contributed by atoms with Crippen LogP contribution in [0.2, 0.25) is 0 Å². The van der Waals surface area contributed by atoms with E-state index in [4.69, 9.17) is 9.15 Å². The number of carbonyl (C=O) groups excluding carboxylic acids is 1. The van der Waals surface area contributed by atoms with E-state index < -0.39 is 0 Å². The zero-order valence-corrected chi connectivity index (χ0v) is 17.5. The molecule has 3 aromatic rings. The van der Waals surface area contributed by atoms with Crippen LogP contribution in [0.1, 0.15) is 32.8 Å². The molecule has 4 heterocycles. The summed E-state index contributed by atoms with van der Waals surface area (Å²) >= 11 is 1.25. The van der Waals surface area contributed by atoms with Crippen LogP contribution in [0.15, 0.2) is 27.7 Å². The van der Waals surface area contributed by atoms with Crippen LogP contribution in [0.25, 0.3) is 10.2 Å². The molecule has 154 valence electrons. The maximum absolute atomic E-state index is 12.9. The van der Waals surface area contributed by atoms with Crippen molar-refractivity contribution in [2.24, 2.45) is 7.05 Å². The van der Waals surface area contributed by atoms with Crippen molar-refractivity contribution in [3.63, 3.8) is 0 Å². The Morgan fingerprint density at radius 1 is 1.31 bits per heavy atom. The summed E-state index contributed by atoms with van der Waals surface area (Å²) in [4.78, 5) is 33.0. The molecule has 1 fully saturated rings. The summed E-state index contributed by atoms with van der Waals surface area (Å²) in [5, 5.41) is 3.54. The van der Waals surface area contributed by atoms with Crippen molar-refractivity contribution in [3.05, 3.63) is 50.8 Å². The number of fused-ring (bicyclic) bond motifs is 1. The molecule has 1 unspecified atom stereocenters. The number of aromatic nitrogens is 2. The summed E-state index contributed by atoms with van der Waals surface area (Å²) < 4.78 is 12.7. The number of nitrogens with one attached hydrogen (secondary N) is 1. The van der Waals surface area contributed by atoms with E-state index in [2.05, 4.69) is 15.2 Å². The molecule has 0 saturated carbocycles. The fraction of sp³-hybridized carbons (Fsp3) is 0.450. The number of thiophene rings is 1. The van der Waals surface area contributed by atoms with Gasteiger partial charge >= 0.3 is 0 Å². The lowest BCUT2D eigenvalue weighted by atomic mass is 10.1. The first-order valence-corrected chi connectivity index (χ1v) is 10.4. The summed E-state index contributed by atoms with van der Waals surface area (Å²) in [6.07, 6.45) is 1.48. The largest absolute Gasteiger partial charge is 0.465 e. The second kappa shape index (κ2) is 8.10. The number of ether oxygens (including phenoxy) is 1. The fourth-order valence-electron chi connectivity index (χ4n) is 3.63. The van der Waals surface area contributed by atoms with Crippen LogP contribution in [0.5, 0.6) is 0 Å². The minimum Gasteiger partial charge on any atom is -0.465 e. The maximum Gasteiger partial charge on any atom is 0.262 e. The summed E-state index contributed by atoms with van der Waals surface area (Å²) in [7, 11) is 1.66. The fourth-order valence-corrected chi connectivity index (χ4v) is 4.68. The first-order valence-electron chi connectivity index (χ1n) is 9.56. The summed E-state index contributed by atoms with van der Waals surface area (Å²) in [6, 6.07) is 3.82. The smallest absolute Gasteiger partial charge is 0.262 e. The maximum atomic E-state index is 12.9. The highest BCUT2D eigenvalue weighted by molar-refractivity contribution is 7.20. The molecule has 0 bridgehead atoms. The van der Waals surface area contributed by atoms with Crippen molar-refractivity contribution in [3.8, 4) is 0 Å². The van der Waals surface area contributed by atoms with Crippen molar-refractivity contribution < 1.29 is 13.9 Å². The van der Waals surface area contributed by atoms with Crippen LogP contribution < -0.4 is 10.9 Å². The van der Waals surface area contributed by atoms with Crippen LogP contribution in [-0.4, -0.2) is 53.2 Å². The van der Waals surface area contributed by atoms with Crippen molar-refractivity contribution in [1.29, 1.82) is 0 Å². The zero-order chi connectivity index (χ0) is 20.5. The Labute approximate surface area is 172 Å². The van der Waals surface area contributed by atoms with Crippen LogP contribution in [0.3, 0.4) is 0 Å². The number of hydrogen-bond acceptors (Lipinski definition) is 7. The SMILES string of the molecule is Cc1ccc(C(CNC(=O)c2sc3ncn(C)c(=O)c3c2C)N2CCOCC2)o1. The van der Waals surface area contributed by atoms with Gasteiger partial charge in [-0.2, -0.15) is 0 Å². The minimum atomic E-state index is -0.200. The Kier molecular flexibility index (Phi) is 5.53. The molecule has 1 atom stereocenters. The molecular weight excluding hydrogens is 392 g/mol. The molecule has 1 amide bonds. The molecule has 9 heteroatoms. The van der Waals surface area contributed by atoms with Crippen LogP contribution >= 0.6 is 11.3 Å². The van der Waals surface area contributed by atoms with Crippen LogP contribution in [0, 0.1) is 13.8 Å². The molecule has 0 aliphatic carbocycles. The number of morpholine rings is 1. The van der Waals surface area contributed by atoms with Crippen molar-refractivity contribution in [1.82, 2.24) is 19.8 Å². The van der Waals surface area contributed by atoms with Crippen molar-refractivity contribution in [2.75, 3.05) is 32.8 Å². The van der Waals surface area contributed by atoms with Gasteiger partial charge in [-0.25, -0.2) is 4.98 Å². The van der Waals surface area contributed by atoms with E-state index in [9.17, 15) is 9.59 Å². The van der Waals surface area contributed by atoms with Crippen LogP contribution in [0.4, 0.5) is 0 Å². The lowest BCUT2D eigenvalue weighted by Gasteiger charge is -2.33. The van der Waals surface area contributed by atoms with Gasteiger partial charge in [0.15, 0.2) is 0 Å². The molecule has 4 rings (SSSR count). The Morgan fingerprint density at radius 3 is 2.76 bits per heavy atom. The predicted octanol–water partition coefficient (Wildman–Crippen LogP) is 2.01. The van der Waals surface area contributed by atoms with Gasteiger partial charge in [-0.05, 0) is 31.5 Å². The molecule has 3 aromatic heterocycles. The lowest BCUT2D eigenvalue weighted by molar-refractivity contribution is 0.0117. The second-order valence-corrected chi connectivity index (χ2v) is 8.22. The number of nitrogens with zero attached hydrogens (tertiary/aromatic N) is 3. The topological polar surface area (TPSA) is 89.6 Å². The van der Waals surface area contributed by atoms with Gasteiger partial charge in [-0.15, -0.1) is 11.3 Å². The number of hydrogen-bond donors (Lipinski definition) is 1. The monoisotopic (exact) mass is 416 g/mol. The zero-order valence-electron chi connectivity index (χ0n) is 16.7. The van der Waals surface area contributed by atoms with Gasteiger partial charge in [0, 0.05) is 26.7 Å². The lowest BCUT2D eigenvalue weighted by Crippen LogP contribution is -2.43. The number of carbonyl (C=O) groups is 1. The predicted molar refractivity (Wildman–Crippen MR) is 111 cm³/mol. The van der Waals surface area contributed by atoms with Gasteiger partial charge in [-0.3, -0.25) is 14.5 Å². The molecule has 29 heavy (non-hydrogen) atoms. The number of furan rings is 1. The molecule has 1 aliphatic rings. The Morgan fingerprint density at radius 2 is 2.07 bits per heavy atom. The molecule has 0 aromatic carbocycles. The summed E-state index contributed by atoms with van der Waals surface area (Å²) in [5.41, 5.74) is 0.535. The summed E-state index contributed by atoms with van der Waals surface area (Å²) in [5.74, 6) is 1.47.